The summed E-state index contributed by atoms with van der Waals surface area (Å²) in [5.41, 5.74) is 4.39. The molecule has 1 aromatic carbocycles. The summed E-state index contributed by atoms with van der Waals surface area (Å²) in [7, 11) is 0. The summed E-state index contributed by atoms with van der Waals surface area (Å²) >= 11 is 1.32. The largest absolute Gasteiger partial charge is 0.324 e. The van der Waals surface area contributed by atoms with Gasteiger partial charge in [-0.05, 0) is 43.9 Å². The number of thioether (sulfide) groups is 1. The zero-order valence-electron chi connectivity index (χ0n) is 12.8. The summed E-state index contributed by atoms with van der Waals surface area (Å²) in [5, 5.41) is 12.4. The predicted molar refractivity (Wildman–Crippen MR) is 89.3 cm³/mol. The highest BCUT2D eigenvalue weighted by molar-refractivity contribution is 7.99. The fourth-order valence-electron chi connectivity index (χ4n) is 2.66. The first-order valence-electron chi connectivity index (χ1n) is 7.45. The normalized spacial score (nSPS) is 12.5. The third-order valence-corrected chi connectivity index (χ3v) is 4.62. The number of hydrogen-bond acceptors (Lipinski definition) is 5. The summed E-state index contributed by atoms with van der Waals surface area (Å²) in [6, 6.07) is 9.02. The number of rotatable bonds is 4. The molecule has 0 spiro atoms. The number of aryl methyl sites for hydroxylation is 2. The first-order valence-corrected chi connectivity index (χ1v) is 8.44. The molecule has 2 aromatic rings. The number of amides is 1. The summed E-state index contributed by atoms with van der Waals surface area (Å²) in [4.78, 5) is 21.1. The predicted octanol–water partition coefficient (Wildman–Crippen LogP) is 2.88. The van der Waals surface area contributed by atoms with E-state index in [4.69, 9.17) is 5.26 Å². The van der Waals surface area contributed by atoms with Gasteiger partial charge in [-0.1, -0.05) is 23.9 Å². The highest BCUT2D eigenvalue weighted by atomic mass is 32.2. The lowest BCUT2D eigenvalue weighted by molar-refractivity contribution is -0.113. The fraction of sp³-hybridized carbons (Fsp3) is 0.294. The Bertz CT molecular complexity index is 798. The van der Waals surface area contributed by atoms with Crippen LogP contribution in [0.5, 0.6) is 0 Å². The molecule has 1 heterocycles. The van der Waals surface area contributed by atoms with Gasteiger partial charge < -0.3 is 5.32 Å². The van der Waals surface area contributed by atoms with E-state index < -0.39 is 0 Å². The maximum absolute atomic E-state index is 12.1. The molecule has 0 aliphatic heterocycles. The minimum atomic E-state index is -0.167. The van der Waals surface area contributed by atoms with Crippen LogP contribution in [0.4, 0.5) is 5.69 Å². The highest BCUT2D eigenvalue weighted by Gasteiger charge is 2.17. The van der Waals surface area contributed by atoms with E-state index >= 15 is 0 Å². The molecule has 1 aliphatic rings. The van der Waals surface area contributed by atoms with Gasteiger partial charge >= 0.3 is 0 Å². The second-order valence-electron chi connectivity index (χ2n) is 5.36. The zero-order chi connectivity index (χ0) is 16.2. The van der Waals surface area contributed by atoms with E-state index in [9.17, 15) is 4.79 Å². The molecule has 0 radical (unpaired) electrons. The van der Waals surface area contributed by atoms with E-state index in [1.165, 1.54) is 17.3 Å². The number of hydrogen-bond donors (Lipinski definition) is 1. The van der Waals surface area contributed by atoms with Gasteiger partial charge in [0.15, 0.2) is 5.16 Å². The molecular weight excluding hydrogens is 308 g/mol. The molecule has 23 heavy (non-hydrogen) atoms. The number of fused-ring (bicyclic) bond motifs is 1. The Morgan fingerprint density at radius 2 is 2.17 bits per heavy atom. The van der Waals surface area contributed by atoms with Crippen molar-refractivity contribution in [2.24, 2.45) is 0 Å². The standard InChI is InChI=1S/C17H16N4OS/c1-11-13-6-4-8-15(13)21-17(19-11)23-10-16(22)20-14-7-3-2-5-12(14)9-18/h2-3,5,7H,4,6,8,10H2,1H3,(H,20,22). The van der Waals surface area contributed by atoms with Gasteiger partial charge in [0, 0.05) is 11.4 Å². The van der Waals surface area contributed by atoms with E-state index in [-0.39, 0.29) is 11.7 Å². The maximum atomic E-state index is 12.1. The molecule has 0 unspecified atom stereocenters. The van der Waals surface area contributed by atoms with Crippen LogP contribution in [-0.2, 0) is 17.6 Å². The topological polar surface area (TPSA) is 78.7 Å². The summed E-state index contributed by atoms with van der Waals surface area (Å²) in [6.45, 7) is 2.00. The quantitative estimate of drug-likeness (QED) is 0.691. The van der Waals surface area contributed by atoms with E-state index in [1.807, 2.05) is 6.92 Å². The van der Waals surface area contributed by atoms with Crippen molar-refractivity contribution in [3.05, 3.63) is 46.8 Å². The van der Waals surface area contributed by atoms with Crippen molar-refractivity contribution in [3.8, 4) is 6.07 Å². The van der Waals surface area contributed by atoms with Crippen molar-refractivity contribution >= 4 is 23.4 Å². The number of aromatic nitrogens is 2. The van der Waals surface area contributed by atoms with Gasteiger partial charge in [-0.2, -0.15) is 5.26 Å². The maximum Gasteiger partial charge on any atom is 0.234 e. The van der Waals surface area contributed by atoms with Gasteiger partial charge in [0.05, 0.1) is 17.0 Å². The molecule has 1 amide bonds. The Morgan fingerprint density at radius 1 is 1.35 bits per heavy atom. The number of anilines is 1. The Morgan fingerprint density at radius 3 is 3.00 bits per heavy atom. The van der Waals surface area contributed by atoms with E-state index in [0.29, 0.717) is 16.4 Å². The van der Waals surface area contributed by atoms with E-state index in [2.05, 4.69) is 21.4 Å². The van der Waals surface area contributed by atoms with Crippen LogP contribution in [0.3, 0.4) is 0 Å². The number of nitrogens with zero attached hydrogens (tertiary/aromatic N) is 3. The monoisotopic (exact) mass is 324 g/mol. The second-order valence-corrected chi connectivity index (χ2v) is 6.31. The van der Waals surface area contributed by atoms with Crippen molar-refractivity contribution in [3.63, 3.8) is 0 Å². The van der Waals surface area contributed by atoms with Crippen LogP contribution in [0.25, 0.3) is 0 Å². The molecule has 3 rings (SSSR count). The number of carbonyl (C=O) groups excluding carboxylic acids is 1. The molecule has 1 aromatic heterocycles. The SMILES string of the molecule is Cc1nc(SCC(=O)Nc2ccccc2C#N)nc2c1CCC2. The molecule has 0 fully saturated rings. The molecule has 0 saturated carbocycles. The number of benzene rings is 1. The Balaban J connectivity index is 1.64. The van der Waals surface area contributed by atoms with Gasteiger partial charge in [0.25, 0.3) is 0 Å². The van der Waals surface area contributed by atoms with Crippen molar-refractivity contribution < 1.29 is 4.79 Å². The minimum absolute atomic E-state index is 0.167. The average molecular weight is 324 g/mol. The highest BCUT2D eigenvalue weighted by Crippen LogP contribution is 2.25. The molecule has 0 saturated heterocycles. The lowest BCUT2D eigenvalue weighted by Gasteiger charge is -2.08. The van der Waals surface area contributed by atoms with Crippen molar-refractivity contribution in [1.82, 2.24) is 9.97 Å². The molecule has 0 bridgehead atoms. The third-order valence-electron chi connectivity index (χ3n) is 3.77. The van der Waals surface area contributed by atoms with Crippen molar-refractivity contribution in [2.75, 3.05) is 11.1 Å². The Kier molecular flexibility index (Phi) is 4.58. The Labute approximate surface area is 139 Å². The lowest BCUT2D eigenvalue weighted by Crippen LogP contribution is -2.15. The van der Waals surface area contributed by atoms with Crippen LogP contribution in [0.15, 0.2) is 29.4 Å². The fourth-order valence-corrected chi connectivity index (χ4v) is 3.37. The smallest absolute Gasteiger partial charge is 0.234 e. The lowest BCUT2D eigenvalue weighted by atomic mass is 10.2. The van der Waals surface area contributed by atoms with Crippen LogP contribution >= 0.6 is 11.8 Å². The third kappa shape index (κ3) is 3.51. The first kappa shape index (κ1) is 15.5. The van der Waals surface area contributed by atoms with Crippen LogP contribution in [-0.4, -0.2) is 21.6 Å². The molecule has 1 N–H and O–H groups in total. The van der Waals surface area contributed by atoms with Crippen LogP contribution < -0.4 is 5.32 Å². The molecule has 1 aliphatic carbocycles. The van der Waals surface area contributed by atoms with Crippen LogP contribution in [0.1, 0.15) is 28.9 Å². The van der Waals surface area contributed by atoms with E-state index in [0.717, 1.165) is 30.7 Å². The Hall–Kier alpha value is -2.39. The van der Waals surface area contributed by atoms with Crippen molar-refractivity contribution in [1.29, 1.82) is 5.26 Å². The number of carbonyl (C=O) groups is 1. The number of nitriles is 1. The van der Waals surface area contributed by atoms with Gasteiger partial charge in [0.2, 0.25) is 5.91 Å². The molecule has 116 valence electrons. The minimum Gasteiger partial charge on any atom is -0.324 e. The van der Waals surface area contributed by atoms with Crippen molar-refractivity contribution in [2.45, 2.75) is 31.3 Å². The van der Waals surface area contributed by atoms with Gasteiger partial charge in [0.1, 0.15) is 6.07 Å². The summed E-state index contributed by atoms with van der Waals surface area (Å²) < 4.78 is 0. The van der Waals surface area contributed by atoms with Gasteiger partial charge in [-0.15, -0.1) is 0 Å². The number of para-hydroxylation sites is 1. The summed E-state index contributed by atoms with van der Waals surface area (Å²) in [5.74, 6) is 0.0531. The van der Waals surface area contributed by atoms with E-state index in [1.54, 1.807) is 24.3 Å². The second kappa shape index (κ2) is 6.80. The molecule has 0 atom stereocenters. The molecular formula is C17H16N4OS. The zero-order valence-corrected chi connectivity index (χ0v) is 13.6. The molecule has 5 nitrogen and oxygen atoms in total. The van der Waals surface area contributed by atoms with Gasteiger partial charge in [-0.25, -0.2) is 9.97 Å². The van der Waals surface area contributed by atoms with Gasteiger partial charge in [-0.3, -0.25) is 4.79 Å². The first-order chi connectivity index (χ1) is 11.2. The number of nitrogens with one attached hydrogen (secondary N) is 1. The summed E-state index contributed by atoms with van der Waals surface area (Å²) in [6.07, 6.45) is 3.18. The van der Waals surface area contributed by atoms with Crippen LogP contribution in [0, 0.1) is 18.3 Å². The average Bonchev–Trinajstić information content (AvgIpc) is 3.02. The molecule has 6 heteroatoms. The van der Waals surface area contributed by atoms with Crippen LogP contribution in [0.2, 0.25) is 0 Å².